The average molecular weight is 423 g/mol. The fraction of sp³-hybridized carbons (Fsp3) is 0.450. The Bertz CT molecular complexity index is 887. The van der Waals surface area contributed by atoms with Gasteiger partial charge in [-0.1, -0.05) is 19.3 Å². The summed E-state index contributed by atoms with van der Waals surface area (Å²) >= 11 is 0. The van der Waals surface area contributed by atoms with Gasteiger partial charge < -0.3 is 25.5 Å². The van der Waals surface area contributed by atoms with E-state index in [1.165, 1.54) is 31.7 Å². The molecule has 162 valence electrons. The molecule has 1 fully saturated rings. The van der Waals surface area contributed by atoms with Crippen LogP contribution in [0.15, 0.2) is 40.2 Å². The largest absolute Gasteiger partial charge is 0.573 e. The van der Waals surface area contributed by atoms with Gasteiger partial charge in [0.05, 0.1) is 12.8 Å². The fourth-order valence-corrected chi connectivity index (χ4v) is 3.43. The Morgan fingerprint density at radius 1 is 1.23 bits per heavy atom. The first kappa shape index (κ1) is 21.7. The first-order valence-corrected chi connectivity index (χ1v) is 9.66. The molecular formula is C20H24F3N5O2. The average Bonchev–Trinajstić information content (AvgIpc) is 2.68. The van der Waals surface area contributed by atoms with E-state index in [-0.39, 0.29) is 28.8 Å². The minimum absolute atomic E-state index is 0.0774. The molecule has 3 rings (SSSR count). The highest BCUT2D eigenvalue weighted by Crippen LogP contribution is 2.32. The van der Waals surface area contributed by atoms with E-state index in [1.807, 2.05) is 0 Å². The number of rotatable bonds is 5. The topological polar surface area (TPSA) is 91.1 Å². The van der Waals surface area contributed by atoms with Crippen LogP contribution >= 0.6 is 0 Å². The molecule has 3 N–H and O–H groups in total. The summed E-state index contributed by atoms with van der Waals surface area (Å²) in [7, 11) is 1.35. The minimum Gasteiger partial charge on any atom is -0.497 e. The van der Waals surface area contributed by atoms with E-state index in [1.54, 1.807) is 6.92 Å². The zero-order valence-corrected chi connectivity index (χ0v) is 16.8. The Morgan fingerprint density at radius 2 is 1.97 bits per heavy atom. The molecule has 7 nitrogen and oxygen atoms in total. The highest BCUT2D eigenvalue weighted by atomic mass is 19.4. The number of hydrogen-bond acceptors (Lipinski definition) is 7. The van der Waals surface area contributed by atoms with Gasteiger partial charge in [-0.15, -0.1) is 23.4 Å². The highest BCUT2D eigenvalue weighted by Gasteiger charge is 2.34. The molecular weight excluding hydrogens is 399 g/mol. The monoisotopic (exact) mass is 423 g/mol. The zero-order valence-electron chi connectivity index (χ0n) is 16.8. The molecule has 0 aromatic heterocycles. The number of halogens is 3. The van der Waals surface area contributed by atoms with Crippen molar-refractivity contribution in [2.45, 2.75) is 51.4 Å². The molecule has 0 bridgehead atoms. The Labute approximate surface area is 172 Å². The summed E-state index contributed by atoms with van der Waals surface area (Å²) in [6.45, 7) is 1.56. The Balaban J connectivity index is 1.97. The maximum Gasteiger partial charge on any atom is 0.573 e. The Morgan fingerprint density at radius 3 is 2.60 bits per heavy atom. The summed E-state index contributed by atoms with van der Waals surface area (Å²) in [6.07, 6.45) is 2.10. The van der Waals surface area contributed by atoms with E-state index >= 15 is 0 Å². The summed E-state index contributed by atoms with van der Waals surface area (Å²) in [5, 5.41) is 22.4. The second kappa shape index (κ2) is 9.19. The van der Waals surface area contributed by atoms with Gasteiger partial charge in [0.2, 0.25) is 5.96 Å². The van der Waals surface area contributed by atoms with Gasteiger partial charge in [-0.05, 0) is 38.0 Å². The molecule has 0 radical (unpaired) electrons. The standard InChI is InChI=1S/C20H24F3N5O2/c1-12(24)10-16-18(27-28-19(26-16)25-13-6-4-3-5-7-13)15-9-8-14(29-2)11-17(15)30-20(21,22)23/h8-11,13,24H,3-7H2,1-2H3,(H2,25,26,28)/b16-10-,24-12?. The lowest BCUT2D eigenvalue weighted by Crippen LogP contribution is -2.46. The molecule has 10 heteroatoms. The number of benzene rings is 1. The molecule has 1 aliphatic heterocycles. The first-order valence-electron chi connectivity index (χ1n) is 9.66. The predicted molar refractivity (Wildman–Crippen MR) is 108 cm³/mol. The summed E-state index contributed by atoms with van der Waals surface area (Å²) in [6, 6.07) is 4.33. The number of guanidine groups is 1. The van der Waals surface area contributed by atoms with Crippen LogP contribution in [0, 0.1) is 5.41 Å². The molecule has 0 amide bonds. The van der Waals surface area contributed by atoms with Crippen molar-refractivity contribution in [2.75, 3.05) is 7.11 Å². The highest BCUT2D eigenvalue weighted by molar-refractivity contribution is 6.19. The van der Waals surface area contributed by atoms with Crippen LogP contribution in [0.1, 0.15) is 44.6 Å². The van der Waals surface area contributed by atoms with Gasteiger partial charge >= 0.3 is 6.36 Å². The van der Waals surface area contributed by atoms with Gasteiger partial charge in [0.15, 0.2) is 0 Å². The van der Waals surface area contributed by atoms with E-state index in [0.717, 1.165) is 31.7 Å². The Kier molecular flexibility index (Phi) is 6.63. The molecule has 1 aliphatic carbocycles. The zero-order chi connectivity index (χ0) is 21.7. The van der Waals surface area contributed by atoms with Crippen LogP contribution in [-0.4, -0.2) is 36.9 Å². The van der Waals surface area contributed by atoms with Crippen LogP contribution in [0.25, 0.3) is 0 Å². The smallest absolute Gasteiger partial charge is 0.497 e. The normalized spacial score (nSPS) is 18.9. The molecule has 1 saturated carbocycles. The van der Waals surface area contributed by atoms with Gasteiger partial charge in [0.1, 0.15) is 17.2 Å². The number of nitrogens with zero attached hydrogens (tertiary/aromatic N) is 2. The summed E-state index contributed by atoms with van der Waals surface area (Å²) < 4.78 is 48.1. The van der Waals surface area contributed by atoms with Crippen molar-refractivity contribution in [1.82, 2.24) is 10.6 Å². The molecule has 2 aliphatic rings. The SMILES string of the molecule is COc1ccc(C2=NN=C(NC3CCCCC3)N/C2=C\C(C)=N)c(OC(F)(F)F)c1. The maximum absolute atomic E-state index is 12.9. The van der Waals surface area contributed by atoms with E-state index in [4.69, 9.17) is 10.1 Å². The second-order valence-electron chi connectivity index (χ2n) is 7.15. The van der Waals surface area contributed by atoms with Crippen molar-refractivity contribution in [3.8, 4) is 11.5 Å². The van der Waals surface area contributed by atoms with Crippen molar-refractivity contribution in [2.24, 2.45) is 10.2 Å². The van der Waals surface area contributed by atoms with Crippen molar-refractivity contribution in [3.63, 3.8) is 0 Å². The molecule has 1 aromatic rings. The minimum atomic E-state index is -4.89. The molecule has 1 aromatic carbocycles. The third-order valence-electron chi connectivity index (χ3n) is 4.73. The van der Waals surface area contributed by atoms with E-state index in [9.17, 15) is 13.2 Å². The van der Waals surface area contributed by atoms with E-state index in [2.05, 4.69) is 25.6 Å². The maximum atomic E-state index is 12.9. The van der Waals surface area contributed by atoms with Crippen molar-refractivity contribution in [3.05, 3.63) is 35.5 Å². The molecule has 0 saturated heterocycles. The van der Waals surface area contributed by atoms with Crippen LogP contribution in [0.5, 0.6) is 11.5 Å². The fourth-order valence-electron chi connectivity index (χ4n) is 3.43. The van der Waals surface area contributed by atoms with Gasteiger partial charge in [-0.3, -0.25) is 0 Å². The number of alkyl halides is 3. The van der Waals surface area contributed by atoms with E-state index in [0.29, 0.717) is 11.7 Å². The lowest BCUT2D eigenvalue weighted by atomic mass is 9.96. The summed E-state index contributed by atoms with van der Waals surface area (Å²) in [5.74, 6) is 0.152. The number of ether oxygens (including phenoxy) is 2. The molecule has 30 heavy (non-hydrogen) atoms. The first-order chi connectivity index (χ1) is 14.2. The Hall–Kier alpha value is -3.04. The van der Waals surface area contributed by atoms with Gasteiger partial charge in [0.25, 0.3) is 0 Å². The molecule has 0 atom stereocenters. The number of nitrogens with one attached hydrogen (secondary N) is 3. The van der Waals surface area contributed by atoms with Crippen molar-refractivity contribution in [1.29, 1.82) is 5.41 Å². The molecule has 0 unspecified atom stereocenters. The van der Waals surface area contributed by atoms with Crippen molar-refractivity contribution >= 4 is 17.4 Å². The lowest BCUT2D eigenvalue weighted by molar-refractivity contribution is -0.274. The number of hydrogen-bond donors (Lipinski definition) is 3. The molecule has 1 heterocycles. The van der Waals surface area contributed by atoms with E-state index < -0.39 is 12.1 Å². The van der Waals surface area contributed by atoms with Crippen molar-refractivity contribution < 1.29 is 22.6 Å². The lowest BCUT2D eigenvalue weighted by Gasteiger charge is -2.27. The third-order valence-corrected chi connectivity index (χ3v) is 4.73. The third kappa shape index (κ3) is 5.74. The predicted octanol–water partition coefficient (Wildman–Crippen LogP) is 4.10. The van der Waals surface area contributed by atoms with Gasteiger partial charge in [-0.2, -0.15) is 0 Å². The van der Waals surface area contributed by atoms with Crippen LogP contribution in [0.3, 0.4) is 0 Å². The number of methoxy groups -OCH3 is 1. The number of allylic oxidation sites excluding steroid dienone is 2. The summed E-state index contributed by atoms with van der Waals surface area (Å²) in [5.41, 5.74) is 0.773. The van der Waals surface area contributed by atoms with Crippen LogP contribution in [0.2, 0.25) is 0 Å². The molecule has 0 spiro atoms. The van der Waals surface area contributed by atoms with Crippen LogP contribution < -0.4 is 20.1 Å². The van der Waals surface area contributed by atoms with Gasteiger partial charge in [0, 0.05) is 23.4 Å². The van der Waals surface area contributed by atoms with Crippen LogP contribution in [-0.2, 0) is 0 Å². The quantitative estimate of drug-likeness (QED) is 0.622. The summed E-state index contributed by atoms with van der Waals surface area (Å²) in [4.78, 5) is 0. The van der Waals surface area contributed by atoms with Gasteiger partial charge in [-0.25, -0.2) is 0 Å². The second-order valence-corrected chi connectivity index (χ2v) is 7.15. The van der Waals surface area contributed by atoms with Crippen LogP contribution in [0.4, 0.5) is 13.2 Å².